The third kappa shape index (κ3) is 6.24. The second kappa shape index (κ2) is 7.05. The Labute approximate surface area is 119 Å². The van der Waals surface area contributed by atoms with E-state index < -0.39 is 0 Å². The molecule has 0 saturated heterocycles. The van der Waals surface area contributed by atoms with E-state index in [9.17, 15) is 5.11 Å². The molecule has 1 saturated carbocycles. The molecule has 0 radical (unpaired) electrons. The smallest absolute Gasteiger partial charge is 0.126 e. The molecule has 0 unspecified atom stereocenters. The lowest BCUT2D eigenvalue weighted by Gasteiger charge is -2.37. The van der Waals surface area contributed by atoms with Crippen molar-refractivity contribution in [3.8, 4) is 0 Å². The van der Waals surface area contributed by atoms with Crippen molar-refractivity contribution in [2.24, 2.45) is 17.8 Å². The molecule has 0 aromatic rings. The van der Waals surface area contributed by atoms with Crippen molar-refractivity contribution < 1.29 is 14.3 Å². The summed E-state index contributed by atoms with van der Waals surface area (Å²) in [5.41, 5.74) is 0. The zero-order valence-corrected chi connectivity index (χ0v) is 13.7. The fraction of sp³-hybridized carbons (Fsp3) is 1.00. The highest BCUT2D eigenvalue weighted by Crippen LogP contribution is 2.35. The molecule has 0 heterocycles. The van der Waals surface area contributed by atoms with Crippen LogP contribution in [0.5, 0.6) is 0 Å². The van der Waals surface area contributed by atoms with Gasteiger partial charge in [-0.25, -0.2) is 0 Å². The summed E-state index contributed by atoms with van der Waals surface area (Å²) in [7, 11) is 6.30. The molecule has 0 spiro atoms. The molecule has 4 atom stereocenters. The van der Waals surface area contributed by atoms with Crippen LogP contribution in [-0.2, 0) is 4.74 Å². The fourth-order valence-corrected chi connectivity index (χ4v) is 3.23. The van der Waals surface area contributed by atoms with E-state index in [1.807, 2.05) is 0 Å². The molecule has 1 N–H and O–H groups in total. The quantitative estimate of drug-likeness (QED) is 0.753. The van der Waals surface area contributed by atoms with Crippen molar-refractivity contribution in [1.29, 1.82) is 0 Å². The van der Waals surface area contributed by atoms with Gasteiger partial charge in [0.2, 0.25) is 0 Å². The largest absolute Gasteiger partial charge is 0.385 e. The van der Waals surface area contributed by atoms with Gasteiger partial charge in [-0.1, -0.05) is 27.2 Å². The van der Waals surface area contributed by atoms with Gasteiger partial charge in [-0.2, -0.15) is 0 Å². The van der Waals surface area contributed by atoms with Crippen LogP contribution in [0.3, 0.4) is 0 Å². The Morgan fingerprint density at radius 3 is 2.37 bits per heavy atom. The van der Waals surface area contributed by atoms with Crippen molar-refractivity contribution >= 4 is 0 Å². The molecule has 1 fully saturated rings. The third-order valence-corrected chi connectivity index (χ3v) is 4.22. The van der Waals surface area contributed by atoms with E-state index >= 15 is 0 Å². The van der Waals surface area contributed by atoms with Crippen LogP contribution in [0, 0.1) is 17.8 Å². The normalized spacial score (nSPS) is 30.6. The highest BCUT2D eigenvalue weighted by atomic mass is 16.5. The highest BCUT2D eigenvalue weighted by molar-refractivity contribution is 4.81. The average molecular weight is 272 g/mol. The maximum atomic E-state index is 10.1. The molecule has 19 heavy (non-hydrogen) atoms. The number of aliphatic hydroxyl groups is 1. The van der Waals surface area contributed by atoms with Crippen molar-refractivity contribution in [2.75, 3.05) is 34.3 Å². The molecule has 1 aliphatic rings. The fourth-order valence-electron chi connectivity index (χ4n) is 3.23. The van der Waals surface area contributed by atoms with E-state index in [1.54, 1.807) is 0 Å². The van der Waals surface area contributed by atoms with Gasteiger partial charge in [0.15, 0.2) is 0 Å². The van der Waals surface area contributed by atoms with Gasteiger partial charge >= 0.3 is 0 Å². The molecule has 1 aliphatic carbocycles. The third-order valence-electron chi connectivity index (χ3n) is 4.22. The summed E-state index contributed by atoms with van der Waals surface area (Å²) in [5.74, 6) is 2.09. The van der Waals surface area contributed by atoms with Crippen LogP contribution in [-0.4, -0.2) is 56.1 Å². The molecule has 0 bridgehead atoms. The first-order chi connectivity index (χ1) is 8.69. The topological polar surface area (TPSA) is 29.5 Å². The molecule has 0 aliphatic heterocycles. The lowest BCUT2D eigenvalue weighted by atomic mass is 9.75. The number of ether oxygens (including phenoxy) is 1. The molecule has 114 valence electrons. The monoisotopic (exact) mass is 272 g/mol. The number of quaternary nitrogens is 1. The van der Waals surface area contributed by atoms with Crippen LogP contribution in [0.2, 0.25) is 0 Å². The van der Waals surface area contributed by atoms with Gasteiger partial charge in [0, 0.05) is 0 Å². The Balaban J connectivity index is 2.44. The summed E-state index contributed by atoms with van der Waals surface area (Å²) < 4.78 is 6.85. The maximum Gasteiger partial charge on any atom is 0.126 e. The first-order valence-electron chi connectivity index (χ1n) is 7.79. The van der Waals surface area contributed by atoms with Crippen LogP contribution in [0.25, 0.3) is 0 Å². The van der Waals surface area contributed by atoms with E-state index in [1.165, 1.54) is 12.8 Å². The standard InChI is InChI=1S/C16H34NO2/c1-12(2)15-8-7-13(3)9-16(15)19-11-14(18)10-17(4,5)6/h12-16,18H,7-11H2,1-6H3/q+1/t13-,14+,15-,16-/m1/s1. The van der Waals surface area contributed by atoms with E-state index in [2.05, 4.69) is 41.9 Å². The highest BCUT2D eigenvalue weighted by Gasteiger charge is 2.32. The van der Waals surface area contributed by atoms with E-state index in [4.69, 9.17) is 4.74 Å². The summed E-state index contributed by atoms with van der Waals surface area (Å²) in [4.78, 5) is 0. The number of aliphatic hydroxyl groups excluding tert-OH is 1. The number of rotatable bonds is 6. The zero-order valence-electron chi connectivity index (χ0n) is 13.7. The predicted octanol–water partition coefficient (Wildman–Crippen LogP) is 2.53. The summed E-state index contributed by atoms with van der Waals surface area (Å²) in [6, 6.07) is 0. The summed E-state index contributed by atoms with van der Waals surface area (Å²) >= 11 is 0. The van der Waals surface area contributed by atoms with Gasteiger partial charge in [-0.3, -0.25) is 0 Å². The average Bonchev–Trinajstić information content (AvgIpc) is 2.23. The summed E-state index contributed by atoms with van der Waals surface area (Å²) in [6.07, 6.45) is 3.73. The van der Waals surface area contributed by atoms with Crippen LogP contribution < -0.4 is 0 Å². The summed E-state index contributed by atoms with van der Waals surface area (Å²) in [6.45, 7) is 8.12. The second-order valence-electron chi connectivity index (χ2n) is 7.82. The van der Waals surface area contributed by atoms with Crippen molar-refractivity contribution in [3.05, 3.63) is 0 Å². The lowest BCUT2D eigenvalue weighted by molar-refractivity contribution is -0.873. The van der Waals surface area contributed by atoms with E-state index in [0.717, 1.165) is 23.4 Å². The van der Waals surface area contributed by atoms with Crippen molar-refractivity contribution in [1.82, 2.24) is 0 Å². The van der Waals surface area contributed by atoms with Crippen LogP contribution in [0.4, 0.5) is 0 Å². The Kier molecular flexibility index (Phi) is 6.28. The first-order valence-corrected chi connectivity index (χ1v) is 7.79. The second-order valence-corrected chi connectivity index (χ2v) is 7.82. The Hall–Kier alpha value is -0.120. The van der Waals surface area contributed by atoms with Gasteiger partial charge in [-0.15, -0.1) is 0 Å². The minimum Gasteiger partial charge on any atom is -0.385 e. The van der Waals surface area contributed by atoms with Gasteiger partial charge in [-0.05, 0) is 30.6 Å². The minimum atomic E-state index is -0.356. The zero-order chi connectivity index (χ0) is 14.6. The minimum absolute atomic E-state index is 0.339. The number of hydrogen-bond acceptors (Lipinski definition) is 2. The molecule has 0 aromatic heterocycles. The number of nitrogens with zero attached hydrogens (tertiary/aromatic N) is 1. The molecular formula is C16H34NO2+. The lowest BCUT2D eigenvalue weighted by Crippen LogP contribution is -2.44. The Morgan fingerprint density at radius 2 is 1.84 bits per heavy atom. The predicted molar refractivity (Wildman–Crippen MR) is 80.0 cm³/mol. The first kappa shape index (κ1) is 16.9. The number of hydrogen-bond donors (Lipinski definition) is 1. The molecule has 3 nitrogen and oxygen atoms in total. The van der Waals surface area contributed by atoms with E-state index in [0.29, 0.717) is 24.5 Å². The Morgan fingerprint density at radius 1 is 1.21 bits per heavy atom. The van der Waals surface area contributed by atoms with Crippen LogP contribution in [0.1, 0.15) is 40.0 Å². The van der Waals surface area contributed by atoms with Gasteiger partial charge in [0.05, 0.1) is 33.9 Å². The molecule has 1 rings (SSSR count). The van der Waals surface area contributed by atoms with Crippen LogP contribution >= 0.6 is 0 Å². The molecule has 0 aromatic carbocycles. The van der Waals surface area contributed by atoms with Crippen molar-refractivity contribution in [3.63, 3.8) is 0 Å². The summed E-state index contributed by atoms with van der Waals surface area (Å²) in [5, 5.41) is 10.1. The van der Waals surface area contributed by atoms with Crippen LogP contribution in [0.15, 0.2) is 0 Å². The Bertz CT molecular complexity index is 260. The molecule has 0 amide bonds. The SMILES string of the molecule is CC(C)[C@H]1CC[C@@H](C)C[C@H]1OC[C@@H](O)C[N+](C)(C)C. The van der Waals surface area contributed by atoms with Gasteiger partial charge in [0.25, 0.3) is 0 Å². The van der Waals surface area contributed by atoms with Crippen molar-refractivity contribution in [2.45, 2.75) is 52.2 Å². The van der Waals surface area contributed by atoms with E-state index in [-0.39, 0.29) is 6.10 Å². The molecule has 3 heteroatoms. The number of likely N-dealkylation sites (N-methyl/N-ethyl adjacent to an activating group) is 1. The maximum absolute atomic E-state index is 10.1. The molecular weight excluding hydrogens is 238 g/mol. The van der Waals surface area contributed by atoms with Gasteiger partial charge in [0.1, 0.15) is 12.6 Å². The van der Waals surface area contributed by atoms with Gasteiger partial charge < -0.3 is 14.3 Å².